The molecule has 0 amide bonds. The SMILES string of the molecule is CCCC(CCSCC)C(=O)O. The number of rotatable bonds is 7. The minimum absolute atomic E-state index is 0.117. The van der Waals surface area contributed by atoms with Crippen LogP contribution in [0.25, 0.3) is 0 Å². The molecule has 0 rings (SSSR count). The van der Waals surface area contributed by atoms with Gasteiger partial charge in [0.2, 0.25) is 0 Å². The number of hydrogen-bond acceptors (Lipinski definition) is 2. The van der Waals surface area contributed by atoms with Crippen molar-refractivity contribution in [3.63, 3.8) is 0 Å². The molecule has 0 saturated heterocycles. The normalized spacial score (nSPS) is 12.8. The molecule has 0 aromatic carbocycles. The second-order valence-electron chi connectivity index (χ2n) is 2.81. The molecule has 72 valence electrons. The fraction of sp³-hybridized carbons (Fsp3) is 0.889. The number of aliphatic carboxylic acids is 1. The molecule has 0 aliphatic heterocycles. The van der Waals surface area contributed by atoms with Gasteiger partial charge < -0.3 is 5.11 Å². The predicted molar refractivity (Wildman–Crippen MR) is 53.6 cm³/mol. The van der Waals surface area contributed by atoms with Gasteiger partial charge in [-0.2, -0.15) is 11.8 Å². The van der Waals surface area contributed by atoms with Crippen LogP contribution in [0.1, 0.15) is 33.1 Å². The van der Waals surface area contributed by atoms with Crippen molar-refractivity contribution in [2.75, 3.05) is 11.5 Å². The smallest absolute Gasteiger partial charge is 0.306 e. The van der Waals surface area contributed by atoms with E-state index < -0.39 is 5.97 Å². The molecule has 0 aromatic heterocycles. The van der Waals surface area contributed by atoms with Crippen molar-refractivity contribution in [3.05, 3.63) is 0 Å². The number of carboxylic acid groups (broad SMARTS) is 1. The lowest BCUT2D eigenvalue weighted by Crippen LogP contribution is -2.14. The van der Waals surface area contributed by atoms with E-state index in [-0.39, 0.29) is 5.92 Å². The zero-order valence-electron chi connectivity index (χ0n) is 7.88. The highest BCUT2D eigenvalue weighted by molar-refractivity contribution is 7.99. The van der Waals surface area contributed by atoms with Crippen LogP contribution in [0.4, 0.5) is 0 Å². The third kappa shape index (κ3) is 5.47. The van der Waals surface area contributed by atoms with Gasteiger partial charge in [-0.3, -0.25) is 4.79 Å². The highest BCUT2D eigenvalue weighted by Crippen LogP contribution is 2.14. The van der Waals surface area contributed by atoms with Gasteiger partial charge in [0, 0.05) is 0 Å². The summed E-state index contributed by atoms with van der Waals surface area (Å²) in [6.45, 7) is 4.13. The second-order valence-corrected chi connectivity index (χ2v) is 4.20. The summed E-state index contributed by atoms with van der Waals surface area (Å²) in [5, 5.41) is 8.79. The molecule has 0 fully saturated rings. The zero-order chi connectivity index (χ0) is 9.40. The van der Waals surface area contributed by atoms with Crippen molar-refractivity contribution < 1.29 is 9.90 Å². The van der Waals surface area contributed by atoms with Gasteiger partial charge in [-0.15, -0.1) is 0 Å². The zero-order valence-corrected chi connectivity index (χ0v) is 8.69. The molecule has 0 radical (unpaired) electrons. The maximum Gasteiger partial charge on any atom is 0.306 e. The Balaban J connectivity index is 3.56. The van der Waals surface area contributed by atoms with Crippen LogP contribution in [0.2, 0.25) is 0 Å². The average molecular weight is 190 g/mol. The maximum absolute atomic E-state index is 10.7. The molecule has 0 aromatic rings. The van der Waals surface area contributed by atoms with Gasteiger partial charge in [0.15, 0.2) is 0 Å². The largest absolute Gasteiger partial charge is 0.481 e. The summed E-state index contributed by atoms with van der Waals surface area (Å²) >= 11 is 1.82. The van der Waals surface area contributed by atoms with Crippen molar-refractivity contribution in [1.82, 2.24) is 0 Å². The molecular formula is C9H18O2S. The highest BCUT2D eigenvalue weighted by Gasteiger charge is 2.14. The minimum atomic E-state index is -0.631. The Hall–Kier alpha value is -0.180. The van der Waals surface area contributed by atoms with Gasteiger partial charge in [0.1, 0.15) is 0 Å². The summed E-state index contributed by atoms with van der Waals surface area (Å²) in [4.78, 5) is 10.7. The van der Waals surface area contributed by atoms with E-state index in [9.17, 15) is 4.79 Å². The van der Waals surface area contributed by atoms with E-state index in [0.29, 0.717) is 0 Å². The molecule has 0 aliphatic rings. The molecule has 0 aliphatic carbocycles. The van der Waals surface area contributed by atoms with Gasteiger partial charge >= 0.3 is 5.97 Å². The summed E-state index contributed by atoms with van der Waals surface area (Å²) < 4.78 is 0. The Morgan fingerprint density at radius 3 is 2.50 bits per heavy atom. The molecule has 1 atom stereocenters. The molecule has 1 N–H and O–H groups in total. The highest BCUT2D eigenvalue weighted by atomic mass is 32.2. The summed E-state index contributed by atoms with van der Waals surface area (Å²) in [5.74, 6) is 1.31. The quantitative estimate of drug-likeness (QED) is 0.627. The van der Waals surface area contributed by atoms with Crippen LogP contribution in [0.15, 0.2) is 0 Å². The number of hydrogen-bond donors (Lipinski definition) is 1. The Morgan fingerprint density at radius 2 is 2.08 bits per heavy atom. The van der Waals surface area contributed by atoms with Crippen LogP contribution >= 0.6 is 11.8 Å². The van der Waals surface area contributed by atoms with Crippen molar-refractivity contribution >= 4 is 17.7 Å². The topological polar surface area (TPSA) is 37.3 Å². The summed E-state index contributed by atoms with van der Waals surface area (Å²) in [5.41, 5.74) is 0. The van der Waals surface area contributed by atoms with E-state index in [0.717, 1.165) is 30.8 Å². The van der Waals surface area contributed by atoms with Gasteiger partial charge in [0.25, 0.3) is 0 Å². The van der Waals surface area contributed by atoms with Crippen LogP contribution < -0.4 is 0 Å². The molecule has 0 bridgehead atoms. The van der Waals surface area contributed by atoms with Crippen molar-refractivity contribution in [2.45, 2.75) is 33.1 Å². The first-order valence-electron chi connectivity index (χ1n) is 4.52. The Bertz CT molecular complexity index is 126. The maximum atomic E-state index is 10.7. The molecule has 0 spiro atoms. The monoisotopic (exact) mass is 190 g/mol. The first kappa shape index (κ1) is 11.8. The van der Waals surface area contributed by atoms with Crippen LogP contribution in [0, 0.1) is 5.92 Å². The summed E-state index contributed by atoms with van der Waals surface area (Å²) in [6.07, 6.45) is 2.61. The van der Waals surface area contributed by atoms with E-state index in [4.69, 9.17) is 5.11 Å². The Labute approximate surface area is 78.7 Å². The van der Waals surface area contributed by atoms with Crippen LogP contribution in [0.3, 0.4) is 0 Å². The third-order valence-corrected chi connectivity index (χ3v) is 2.73. The number of carboxylic acids is 1. The van der Waals surface area contributed by atoms with E-state index in [2.05, 4.69) is 6.92 Å². The Kier molecular flexibility index (Phi) is 7.36. The number of thioether (sulfide) groups is 1. The van der Waals surface area contributed by atoms with E-state index >= 15 is 0 Å². The fourth-order valence-corrected chi connectivity index (χ4v) is 1.85. The van der Waals surface area contributed by atoms with Gasteiger partial charge in [-0.25, -0.2) is 0 Å². The summed E-state index contributed by atoms with van der Waals surface area (Å²) in [6, 6.07) is 0. The number of carbonyl (C=O) groups is 1. The van der Waals surface area contributed by atoms with Gasteiger partial charge in [-0.1, -0.05) is 20.3 Å². The minimum Gasteiger partial charge on any atom is -0.481 e. The fourth-order valence-electron chi connectivity index (χ4n) is 1.11. The first-order valence-corrected chi connectivity index (χ1v) is 5.68. The molecule has 3 heteroatoms. The molecular weight excluding hydrogens is 172 g/mol. The van der Waals surface area contributed by atoms with Crippen molar-refractivity contribution in [3.8, 4) is 0 Å². The van der Waals surface area contributed by atoms with Gasteiger partial charge in [-0.05, 0) is 24.3 Å². The molecule has 1 unspecified atom stereocenters. The van der Waals surface area contributed by atoms with Gasteiger partial charge in [0.05, 0.1) is 5.92 Å². The average Bonchev–Trinajstić information content (AvgIpc) is 2.03. The van der Waals surface area contributed by atoms with Crippen LogP contribution in [-0.2, 0) is 4.79 Å². The van der Waals surface area contributed by atoms with Crippen molar-refractivity contribution in [2.24, 2.45) is 5.92 Å². The first-order chi connectivity index (χ1) is 5.72. The summed E-state index contributed by atoms with van der Waals surface area (Å²) in [7, 11) is 0. The predicted octanol–water partition coefficient (Wildman–Crippen LogP) is 2.63. The molecule has 12 heavy (non-hydrogen) atoms. The van der Waals surface area contributed by atoms with E-state index in [1.54, 1.807) is 0 Å². The lowest BCUT2D eigenvalue weighted by atomic mass is 10.0. The molecule has 0 saturated carbocycles. The lowest BCUT2D eigenvalue weighted by Gasteiger charge is -2.09. The Morgan fingerprint density at radius 1 is 1.42 bits per heavy atom. The van der Waals surface area contributed by atoms with Crippen LogP contribution in [-0.4, -0.2) is 22.6 Å². The molecule has 2 nitrogen and oxygen atoms in total. The third-order valence-electron chi connectivity index (χ3n) is 1.80. The van der Waals surface area contributed by atoms with E-state index in [1.165, 1.54) is 0 Å². The second kappa shape index (κ2) is 7.47. The van der Waals surface area contributed by atoms with Crippen LogP contribution in [0.5, 0.6) is 0 Å². The lowest BCUT2D eigenvalue weighted by molar-refractivity contribution is -0.142. The molecule has 0 heterocycles. The van der Waals surface area contributed by atoms with E-state index in [1.807, 2.05) is 18.7 Å². The van der Waals surface area contributed by atoms with Crippen molar-refractivity contribution in [1.29, 1.82) is 0 Å². The standard InChI is InChI=1S/C9H18O2S/c1-3-5-8(9(10)11)6-7-12-4-2/h8H,3-7H2,1-2H3,(H,10,11).